The summed E-state index contributed by atoms with van der Waals surface area (Å²) >= 11 is 0. The zero-order valence-electron chi connectivity index (χ0n) is 22.8. The number of nitrogens with one attached hydrogen (secondary N) is 1. The van der Waals surface area contributed by atoms with Crippen molar-refractivity contribution in [3.63, 3.8) is 0 Å². The second-order valence-electron chi connectivity index (χ2n) is 9.25. The Bertz CT molecular complexity index is 2230. The Morgan fingerprint density at radius 3 is 2.11 bits per heavy atom. The summed E-state index contributed by atoms with van der Waals surface area (Å²) in [6.45, 7) is 0. The van der Waals surface area contributed by atoms with Gasteiger partial charge < -0.3 is 16.2 Å². The lowest BCUT2D eigenvalue weighted by atomic mass is 10.1. The maximum atomic E-state index is 12.5. The van der Waals surface area contributed by atoms with Crippen LogP contribution in [0.4, 0.5) is 22.9 Å². The number of fused-ring (bicyclic) bond motifs is 5. The van der Waals surface area contributed by atoms with E-state index in [9.17, 15) is 44.2 Å². The molecule has 18 heteroatoms. The number of carbonyl (C=O) groups is 4. The van der Waals surface area contributed by atoms with Crippen LogP contribution in [0.3, 0.4) is 0 Å². The average molecular weight is 624 g/mol. The summed E-state index contributed by atoms with van der Waals surface area (Å²) in [7, 11) is 0. The van der Waals surface area contributed by atoms with E-state index in [1.54, 1.807) is 12.1 Å². The van der Waals surface area contributed by atoms with Crippen molar-refractivity contribution in [2.75, 3.05) is 11.1 Å². The van der Waals surface area contributed by atoms with Gasteiger partial charge in [-0.15, -0.1) is 0 Å². The predicted molar refractivity (Wildman–Crippen MR) is 157 cm³/mol. The minimum atomic E-state index is -1.05. The number of rotatable bonds is 3. The number of nitro groups is 2. The van der Waals surface area contributed by atoms with E-state index in [0.29, 0.717) is 11.4 Å². The number of amides is 1. The molecular formula is C28H16N8O10. The Hall–Kier alpha value is -7.24. The number of anilines is 2. The standard InChI is InChI=1S/C14H6N4O4.C8H4N2O4.C6H6N2O2/c19-11-9-6-7(18(21)22)3-4-10(9)17-13(11)16-12-8(14(17)20)2-1-5-15-12;11-7-5-3-4(10(13)14)1-2-6(5)9-8(7)12;7-5-4(6(9)10)2-1-3-8-5/h1-6H;1-3H,(H,9,11,12);1-3H,(H2,7,8)(H,9,10). The number of nitrogens with zero attached hydrogens (tertiary/aromatic N) is 6. The number of hydrogen-bond donors (Lipinski definition) is 3. The number of ketones is 2. The van der Waals surface area contributed by atoms with E-state index in [2.05, 4.69) is 20.3 Å². The minimum absolute atomic E-state index is 0.0440. The normalized spacial score (nSPS) is 12.0. The van der Waals surface area contributed by atoms with Gasteiger partial charge in [-0.1, -0.05) is 0 Å². The lowest BCUT2D eigenvalue weighted by Gasteiger charge is -2.04. The highest BCUT2D eigenvalue weighted by atomic mass is 16.6. The molecule has 228 valence electrons. The van der Waals surface area contributed by atoms with E-state index in [0.717, 1.165) is 12.1 Å². The number of aromatic carboxylic acids is 1. The fourth-order valence-corrected chi connectivity index (χ4v) is 4.37. The maximum absolute atomic E-state index is 12.5. The SMILES string of the molecule is Nc1ncccc1C(=O)O.O=C1Nc2ccc([N+](=O)[O-])cc2C1=O.O=C1c2cc([N+](=O)[O-])ccc2-n2c1nc1ncccc1c2=O. The van der Waals surface area contributed by atoms with Crippen molar-refractivity contribution in [3.8, 4) is 5.69 Å². The van der Waals surface area contributed by atoms with Crippen molar-refractivity contribution in [3.05, 3.63) is 126 Å². The second-order valence-corrected chi connectivity index (χ2v) is 9.25. The summed E-state index contributed by atoms with van der Waals surface area (Å²) in [6, 6.07) is 13.6. The Kier molecular flexibility index (Phi) is 7.75. The van der Waals surface area contributed by atoms with Crippen LogP contribution in [0, 0.1) is 20.2 Å². The Morgan fingerprint density at radius 1 is 0.848 bits per heavy atom. The fraction of sp³-hybridized carbons (Fsp3) is 0. The van der Waals surface area contributed by atoms with Gasteiger partial charge >= 0.3 is 5.97 Å². The van der Waals surface area contributed by atoms with Gasteiger partial charge in [-0.05, 0) is 36.4 Å². The number of carboxylic acid groups (broad SMARTS) is 1. The van der Waals surface area contributed by atoms with Crippen LogP contribution in [-0.2, 0) is 4.79 Å². The third kappa shape index (κ3) is 5.46. The van der Waals surface area contributed by atoms with Crippen LogP contribution in [0.1, 0.15) is 36.9 Å². The summed E-state index contributed by atoms with van der Waals surface area (Å²) < 4.78 is 1.17. The van der Waals surface area contributed by atoms with E-state index in [1.807, 2.05) is 0 Å². The van der Waals surface area contributed by atoms with Gasteiger partial charge in [-0.3, -0.25) is 44.0 Å². The van der Waals surface area contributed by atoms with Gasteiger partial charge in [0, 0.05) is 36.7 Å². The van der Waals surface area contributed by atoms with E-state index in [4.69, 9.17) is 10.8 Å². The highest BCUT2D eigenvalue weighted by Crippen LogP contribution is 2.29. The molecule has 0 bridgehead atoms. The van der Waals surface area contributed by atoms with Crippen LogP contribution >= 0.6 is 0 Å². The smallest absolute Gasteiger partial charge is 0.339 e. The minimum Gasteiger partial charge on any atom is -0.478 e. The van der Waals surface area contributed by atoms with Gasteiger partial charge in [0.1, 0.15) is 11.4 Å². The number of aromatic nitrogens is 4. The van der Waals surface area contributed by atoms with Crippen LogP contribution in [0.25, 0.3) is 16.7 Å². The first kappa shape index (κ1) is 30.2. The van der Waals surface area contributed by atoms with Gasteiger partial charge in [0.2, 0.25) is 5.78 Å². The molecule has 46 heavy (non-hydrogen) atoms. The molecule has 3 aromatic heterocycles. The van der Waals surface area contributed by atoms with Crippen molar-refractivity contribution < 1.29 is 34.1 Å². The monoisotopic (exact) mass is 624 g/mol. The molecule has 1 amide bonds. The molecule has 0 atom stereocenters. The molecule has 0 radical (unpaired) electrons. The van der Waals surface area contributed by atoms with Gasteiger partial charge in [0.05, 0.1) is 37.7 Å². The third-order valence-electron chi connectivity index (χ3n) is 6.51. The number of nitrogen functional groups attached to an aromatic ring is 1. The van der Waals surface area contributed by atoms with Crippen LogP contribution in [0.2, 0.25) is 0 Å². The van der Waals surface area contributed by atoms with Gasteiger partial charge in [0.15, 0.2) is 11.5 Å². The maximum Gasteiger partial charge on any atom is 0.339 e. The highest BCUT2D eigenvalue weighted by Gasteiger charge is 2.32. The topological polar surface area (TPSA) is 274 Å². The average Bonchev–Trinajstić information content (AvgIpc) is 3.49. The first-order valence-electron chi connectivity index (χ1n) is 12.7. The molecule has 0 saturated carbocycles. The zero-order valence-corrected chi connectivity index (χ0v) is 22.8. The quantitative estimate of drug-likeness (QED) is 0.145. The van der Waals surface area contributed by atoms with Gasteiger partial charge in [-0.25, -0.2) is 19.7 Å². The molecule has 2 aliphatic heterocycles. The summed E-state index contributed by atoms with van der Waals surface area (Å²) in [5.41, 5.74) is 5.39. The van der Waals surface area contributed by atoms with Crippen molar-refractivity contribution >= 4 is 57.4 Å². The number of Topliss-reactive ketones (excluding diaryl/α,β-unsaturated/α-hetero) is 1. The number of carboxylic acids is 1. The molecule has 2 aliphatic rings. The number of carbonyl (C=O) groups excluding carboxylic acids is 3. The molecule has 0 spiro atoms. The second kappa shape index (κ2) is 11.8. The Labute approximate surface area is 254 Å². The van der Waals surface area contributed by atoms with Crippen LogP contribution in [0.15, 0.2) is 77.9 Å². The summed E-state index contributed by atoms with van der Waals surface area (Å²) in [4.78, 5) is 89.0. The molecular weight excluding hydrogens is 608 g/mol. The van der Waals surface area contributed by atoms with Crippen molar-refractivity contribution in [1.82, 2.24) is 19.5 Å². The molecule has 0 saturated heterocycles. The summed E-state index contributed by atoms with van der Waals surface area (Å²) in [5.74, 6) is -3.08. The van der Waals surface area contributed by atoms with Crippen LogP contribution in [-0.4, -0.2) is 57.9 Å². The highest BCUT2D eigenvalue weighted by molar-refractivity contribution is 6.51. The third-order valence-corrected chi connectivity index (χ3v) is 6.51. The fourth-order valence-electron chi connectivity index (χ4n) is 4.37. The number of pyridine rings is 2. The van der Waals surface area contributed by atoms with E-state index in [1.165, 1.54) is 53.4 Å². The molecule has 0 unspecified atom stereocenters. The van der Waals surface area contributed by atoms with Crippen molar-refractivity contribution in [2.24, 2.45) is 0 Å². The zero-order chi connectivity index (χ0) is 33.3. The number of non-ortho nitro benzene ring substituents is 2. The molecule has 7 rings (SSSR count). The molecule has 4 N–H and O–H groups in total. The lowest BCUT2D eigenvalue weighted by molar-refractivity contribution is -0.385. The van der Waals surface area contributed by atoms with Crippen molar-refractivity contribution in [1.29, 1.82) is 0 Å². The first-order chi connectivity index (χ1) is 21.9. The van der Waals surface area contributed by atoms with E-state index < -0.39 is 38.8 Å². The molecule has 18 nitrogen and oxygen atoms in total. The number of benzene rings is 2. The van der Waals surface area contributed by atoms with Crippen molar-refractivity contribution in [2.45, 2.75) is 0 Å². The largest absolute Gasteiger partial charge is 0.478 e. The number of nitro benzene ring substituents is 2. The molecule has 2 aromatic carbocycles. The van der Waals surface area contributed by atoms with Gasteiger partial charge in [0.25, 0.3) is 28.6 Å². The number of hydrogen-bond acceptors (Lipinski definition) is 13. The Morgan fingerprint density at radius 2 is 1.48 bits per heavy atom. The summed E-state index contributed by atoms with van der Waals surface area (Å²) in [5, 5.41) is 32.2. The van der Waals surface area contributed by atoms with E-state index in [-0.39, 0.29) is 50.7 Å². The number of nitrogens with two attached hydrogens (primary N) is 1. The van der Waals surface area contributed by atoms with E-state index >= 15 is 0 Å². The molecule has 0 fully saturated rings. The lowest BCUT2D eigenvalue weighted by Crippen LogP contribution is -2.21. The first-order valence-corrected chi connectivity index (χ1v) is 12.7. The molecule has 5 heterocycles. The molecule has 0 aliphatic carbocycles. The summed E-state index contributed by atoms with van der Waals surface area (Å²) in [6.07, 6.45) is 2.92. The molecule has 5 aromatic rings. The predicted octanol–water partition coefficient (Wildman–Crippen LogP) is 2.32. The van der Waals surface area contributed by atoms with Crippen LogP contribution in [0.5, 0.6) is 0 Å². The van der Waals surface area contributed by atoms with Crippen LogP contribution < -0.4 is 16.6 Å². The Balaban J connectivity index is 0.000000149. The van der Waals surface area contributed by atoms with Gasteiger partial charge in [-0.2, -0.15) is 0 Å².